The molecule has 0 fully saturated rings. The van der Waals surface area contributed by atoms with Gasteiger partial charge in [-0.1, -0.05) is 13.0 Å². The van der Waals surface area contributed by atoms with E-state index in [0.717, 1.165) is 0 Å². The van der Waals surface area contributed by atoms with E-state index < -0.39 is 0 Å². The number of carbonyl (C=O) groups excluding carboxylic acids is 1. The molecule has 0 aromatic carbocycles. The highest BCUT2D eigenvalue weighted by atomic mass is 16.5. The molecule has 1 radical (unpaired) electrons. The quantitative estimate of drug-likeness (QED) is 0.594. The van der Waals surface area contributed by atoms with Crippen LogP contribution in [-0.4, -0.2) is 11.0 Å². The van der Waals surface area contributed by atoms with Gasteiger partial charge in [0.05, 0.1) is 6.20 Å². The predicted molar refractivity (Wildman–Crippen MR) is 39.0 cm³/mol. The Labute approximate surface area is 65.0 Å². The van der Waals surface area contributed by atoms with Gasteiger partial charge < -0.3 is 4.74 Å². The van der Waals surface area contributed by atoms with E-state index in [1.807, 2.05) is 0 Å². The molecule has 0 amide bonds. The van der Waals surface area contributed by atoms with Crippen molar-refractivity contribution < 1.29 is 9.53 Å². The molecule has 0 saturated carbocycles. The van der Waals surface area contributed by atoms with Crippen LogP contribution in [0.4, 0.5) is 0 Å². The van der Waals surface area contributed by atoms with E-state index in [4.69, 9.17) is 4.74 Å². The minimum absolute atomic E-state index is 0.280. The number of esters is 1. The summed E-state index contributed by atoms with van der Waals surface area (Å²) in [6.45, 7) is 1.73. The van der Waals surface area contributed by atoms with E-state index in [0.29, 0.717) is 12.3 Å². The lowest BCUT2D eigenvalue weighted by molar-refractivity contribution is -0.134. The lowest BCUT2D eigenvalue weighted by atomic mass is 10.5. The van der Waals surface area contributed by atoms with Crippen LogP contribution in [0, 0.1) is 6.20 Å². The summed E-state index contributed by atoms with van der Waals surface area (Å²) in [7, 11) is 0. The molecule has 0 aliphatic rings. The summed E-state index contributed by atoms with van der Waals surface area (Å²) in [5.74, 6) is 0.0245. The number of ether oxygens (including phenoxy) is 1. The number of rotatable bonds is 2. The fraction of sp³-hybridized carbons (Fsp3) is 0.250. The standard InChI is InChI=1S/C8H8NO2/c1-2-8(10)11-7-5-3-4-6-9-7/h3-5H,2H2,1H3. The lowest BCUT2D eigenvalue weighted by Crippen LogP contribution is -2.06. The van der Waals surface area contributed by atoms with Gasteiger partial charge in [0.2, 0.25) is 5.88 Å². The van der Waals surface area contributed by atoms with E-state index in [1.165, 1.54) is 0 Å². The van der Waals surface area contributed by atoms with Gasteiger partial charge in [0, 0.05) is 12.5 Å². The van der Waals surface area contributed by atoms with Gasteiger partial charge in [-0.3, -0.25) is 4.79 Å². The van der Waals surface area contributed by atoms with Gasteiger partial charge >= 0.3 is 5.97 Å². The van der Waals surface area contributed by atoms with Crippen molar-refractivity contribution >= 4 is 5.97 Å². The summed E-state index contributed by atoms with van der Waals surface area (Å²) in [5.41, 5.74) is 0. The highest BCUT2D eigenvalue weighted by Gasteiger charge is 1.99. The average Bonchev–Trinajstić information content (AvgIpc) is 2.06. The summed E-state index contributed by atoms with van der Waals surface area (Å²) >= 11 is 0. The molecule has 3 nitrogen and oxygen atoms in total. The number of nitrogens with zero attached hydrogens (tertiary/aromatic N) is 1. The zero-order valence-electron chi connectivity index (χ0n) is 6.20. The number of hydrogen-bond acceptors (Lipinski definition) is 3. The first-order chi connectivity index (χ1) is 5.33. The molecule has 0 unspecified atom stereocenters. The van der Waals surface area contributed by atoms with E-state index >= 15 is 0 Å². The molecule has 3 heteroatoms. The largest absolute Gasteiger partial charge is 0.407 e. The molecule has 1 aromatic heterocycles. The molecule has 1 heterocycles. The molecule has 0 bridgehead atoms. The molecule has 1 aromatic rings. The predicted octanol–water partition coefficient (Wildman–Crippen LogP) is 1.20. The van der Waals surface area contributed by atoms with Crippen molar-refractivity contribution in [2.75, 3.05) is 0 Å². The van der Waals surface area contributed by atoms with Gasteiger partial charge in [-0.05, 0) is 6.07 Å². The molecule has 0 aliphatic heterocycles. The van der Waals surface area contributed by atoms with Crippen molar-refractivity contribution in [2.24, 2.45) is 0 Å². The maximum absolute atomic E-state index is 10.7. The van der Waals surface area contributed by atoms with Crippen LogP contribution in [-0.2, 0) is 4.79 Å². The second-order valence-electron chi connectivity index (χ2n) is 1.93. The van der Waals surface area contributed by atoms with E-state index in [1.54, 1.807) is 25.1 Å². The van der Waals surface area contributed by atoms with Crippen LogP contribution in [0.15, 0.2) is 18.2 Å². The molecule has 0 atom stereocenters. The topological polar surface area (TPSA) is 39.2 Å². The molecule has 0 saturated heterocycles. The Morgan fingerprint density at radius 2 is 2.64 bits per heavy atom. The Hall–Kier alpha value is -1.38. The van der Waals surface area contributed by atoms with Crippen LogP contribution in [0.1, 0.15) is 13.3 Å². The number of aromatic nitrogens is 1. The van der Waals surface area contributed by atoms with Gasteiger partial charge in [-0.25, -0.2) is 4.98 Å². The SMILES string of the molecule is CCC(=O)Oc1ccc[c]n1. The summed E-state index contributed by atoms with van der Waals surface area (Å²) in [4.78, 5) is 14.4. The lowest BCUT2D eigenvalue weighted by Gasteiger charge is -1.98. The third-order valence-corrected chi connectivity index (χ3v) is 1.09. The minimum Gasteiger partial charge on any atom is -0.407 e. The molecular weight excluding hydrogens is 142 g/mol. The Kier molecular flexibility index (Phi) is 2.60. The molecule has 0 N–H and O–H groups in total. The van der Waals surface area contributed by atoms with Gasteiger partial charge in [-0.2, -0.15) is 0 Å². The fourth-order valence-electron chi connectivity index (χ4n) is 0.557. The molecule has 0 spiro atoms. The van der Waals surface area contributed by atoms with Crippen LogP contribution < -0.4 is 4.74 Å². The molecule has 11 heavy (non-hydrogen) atoms. The number of hydrogen-bond donors (Lipinski definition) is 0. The Balaban J connectivity index is 2.58. The zero-order chi connectivity index (χ0) is 8.10. The summed E-state index contributed by atoms with van der Waals surface area (Å²) in [6.07, 6.45) is 2.92. The van der Waals surface area contributed by atoms with Gasteiger partial charge in [0.25, 0.3) is 0 Å². The van der Waals surface area contributed by atoms with E-state index in [2.05, 4.69) is 11.2 Å². The van der Waals surface area contributed by atoms with Gasteiger partial charge in [0.1, 0.15) is 0 Å². The van der Waals surface area contributed by atoms with Crippen molar-refractivity contribution in [3.05, 3.63) is 24.4 Å². The summed E-state index contributed by atoms with van der Waals surface area (Å²) in [6, 6.07) is 4.97. The Morgan fingerprint density at radius 3 is 3.18 bits per heavy atom. The van der Waals surface area contributed by atoms with Gasteiger partial charge in [-0.15, -0.1) is 0 Å². The molecule has 0 aliphatic carbocycles. The smallest absolute Gasteiger partial charge is 0.312 e. The van der Waals surface area contributed by atoms with E-state index in [-0.39, 0.29) is 5.97 Å². The highest BCUT2D eigenvalue weighted by molar-refractivity contribution is 5.71. The zero-order valence-corrected chi connectivity index (χ0v) is 6.20. The van der Waals surface area contributed by atoms with Crippen molar-refractivity contribution in [3.8, 4) is 5.88 Å². The van der Waals surface area contributed by atoms with Crippen molar-refractivity contribution in [1.82, 2.24) is 4.98 Å². The van der Waals surface area contributed by atoms with Crippen LogP contribution in [0.25, 0.3) is 0 Å². The van der Waals surface area contributed by atoms with Crippen LogP contribution >= 0.6 is 0 Å². The summed E-state index contributed by atoms with van der Waals surface area (Å²) in [5, 5.41) is 0. The first-order valence-electron chi connectivity index (χ1n) is 3.36. The molecule has 1 rings (SSSR count). The van der Waals surface area contributed by atoms with Crippen molar-refractivity contribution in [1.29, 1.82) is 0 Å². The Bertz CT molecular complexity index is 233. The number of pyridine rings is 1. The minimum atomic E-state index is -0.280. The highest BCUT2D eigenvalue weighted by Crippen LogP contribution is 2.03. The fourth-order valence-corrected chi connectivity index (χ4v) is 0.557. The second kappa shape index (κ2) is 3.71. The van der Waals surface area contributed by atoms with Crippen LogP contribution in [0.5, 0.6) is 5.88 Å². The monoisotopic (exact) mass is 150 g/mol. The molecular formula is C8H8NO2. The number of carbonyl (C=O) groups is 1. The van der Waals surface area contributed by atoms with Gasteiger partial charge in [0.15, 0.2) is 0 Å². The Morgan fingerprint density at radius 1 is 1.82 bits per heavy atom. The maximum atomic E-state index is 10.7. The maximum Gasteiger partial charge on any atom is 0.312 e. The van der Waals surface area contributed by atoms with Crippen molar-refractivity contribution in [3.63, 3.8) is 0 Å². The first-order valence-corrected chi connectivity index (χ1v) is 3.36. The van der Waals surface area contributed by atoms with Crippen molar-refractivity contribution in [2.45, 2.75) is 13.3 Å². The normalized spacial score (nSPS) is 9.18. The van der Waals surface area contributed by atoms with Crippen LogP contribution in [0.3, 0.4) is 0 Å². The molecule has 57 valence electrons. The van der Waals surface area contributed by atoms with Crippen LogP contribution in [0.2, 0.25) is 0 Å². The third kappa shape index (κ3) is 2.37. The van der Waals surface area contributed by atoms with E-state index in [9.17, 15) is 4.79 Å². The average molecular weight is 150 g/mol. The summed E-state index contributed by atoms with van der Waals surface area (Å²) < 4.78 is 4.78. The second-order valence-corrected chi connectivity index (χ2v) is 1.93. The third-order valence-electron chi connectivity index (χ3n) is 1.09. The first kappa shape index (κ1) is 7.72.